The summed E-state index contributed by atoms with van der Waals surface area (Å²) in [6.45, 7) is 2.03. The molecule has 1 aromatic heterocycles. The summed E-state index contributed by atoms with van der Waals surface area (Å²) in [6.07, 6.45) is 3.22. The summed E-state index contributed by atoms with van der Waals surface area (Å²) >= 11 is 5.82. The molecule has 24 heavy (non-hydrogen) atoms. The van der Waals surface area contributed by atoms with Crippen molar-refractivity contribution in [2.45, 2.75) is 25.0 Å². The highest BCUT2D eigenvalue weighted by Crippen LogP contribution is 2.17. The summed E-state index contributed by atoms with van der Waals surface area (Å²) in [4.78, 5) is 12.2. The van der Waals surface area contributed by atoms with Gasteiger partial charge >= 0.3 is 0 Å². The molecule has 2 heterocycles. The normalized spacial score (nSPS) is 19.0. The number of aliphatic hydroxyl groups is 1. The molecule has 0 radical (unpaired) electrons. The van der Waals surface area contributed by atoms with Crippen molar-refractivity contribution in [3.05, 3.63) is 52.8 Å². The Morgan fingerprint density at radius 1 is 1.42 bits per heavy atom. The van der Waals surface area contributed by atoms with Gasteiger partial charge in [-0.2, -0.15) is 5.10 Å². The summed E-state index contributed by atoms with van der Waals surface area (Å²) in [5, 5.41) is 21.1. The minimum atomic E-state index is -0.782. The number of piperidine rings is 1. The zero-order chi connectivity index (χ0) is 16.9. The number of nitrogens with one attached hydrogen (secondary N) is 2. The molecule has 1 aromatic carbocycles. The second-order valence-electron chi connectivity index (χ2n) is 5.96. The van der Waals surface area contributed by atoms with Crippen molar-refractivity contribution in [1.82, 2.24) is 20.4 Å². The number of aromatic nitrogens is 2. The molecular formula is C17H21ClN4O2. The summed E-state index contributed by atoms with van der Waals surface area (Å²) < 4.78 is 1.84. The molecule has 0 saturated carbocycles. The average Bonchev–Trinajstić information content (AvgIpc) is 3.11. The first-order chi connectivity index (χ1) is 11.6. The van der Waals surface area contributed by atoms with E-state index < -0.39 is 6.10 Å². The fraction of sp³-hybridized carbons (Fsp3) is 0.412. The van der Waals surface area contributed by atoms with Crippen molar-refractivity contribution < 1.29 is 9.90 Å². The van der Waals surface area contributed by atoms with Gasteiger partial charge in [-0.1, -0.05) is 23.7 Å². The van der Waals surface area contributed by atoms with Crippen molar-refractivity contribution in [2.75, 3.05) is 19.6 Å². The number of carbonyl (C=O) groups excluding carboxylic acids is 1. The number of aliphatic hydroxyl groups excluding tert-OH is 1. The number of hydrogen-bond donors (Lipinski definition) is 3. The summed E-state index contributed by atoms with van der Waals surface area (Å²) in [5.41, 5.74) is 1.07. The Morgan fingerprint density at radius 2 is 2.21 bits per heavy atom. The van der Waals surface area contributed by atoms with E-state index in [-0.39, 0.29) is 12.5 Å². The van der Waals surface area contributed by atoms with Crippen molar-refractivity contribution in [3.63, 3.8) is 0 Å². The molecule has 6 nitrogen and oxygen atoms in total. The van der Waals surface area contributed by atoms with Crippen LogP contribution in [0.25, 0.3) is 0 Å². The van der Waals surface area contributed by atoms with E-state index in [1.165, 1.54) is 0 Å². The third-order valence-electron chi connectivity index (χ3n) is 4.20. The smallest absolute Gasteiger partial charge is 0.271 e. The van der Waals surface area contributed by atoms with E-state index in [9.17, 15) is 9.90 Å². The zero-order valence-electron chi connectivity index (χ0n) is 13.3. The van der Waals surface area contributed by atoms with Crippen molar-refractivity contribution in [1.29, 1.82) is 0 Å². The van der Waals surface area contributed by atoms with Crippen LogP contribution in [-0.4, -0.2) is 40.4 Å². The molecule has 0 spiro atoms. The molecule has 0 bridgehead atoms. The number of hydrogen-bond acceptors (Lipinski definition) is 4. The zero-order valence-corrected chi connectivity index (χ0v) is 14.0. The van der Waals surface area contributed by atoms with E-state index in [2.05, 4.69) is 15.7 Å². The molecule has 2 unspecified atom stereocenters. The summed E-state index contributed by atoms with van der Waals surface area (Å²) in [5.74, 6) is -0.287. The van der Waals surface area contributed by atoms with E-state index in [1.807, 2.05) is 10.9 Å². The molecule has 1 fully saturated rings. The van der Waals surface area contributed by atoms with Crippen LogP contribution in [0.2, 0.25) is 5.02 Å². The first-order valence-electron chi connectivity index (χ1n) is 8.11. The Hall–Kier alpha value is -1.89. The van der Waals surface area contributed by atoms with Gasteiger partial charge in [0, 0.05) is 24.3 Å². The number of halogens is 1. The van der Waals surface area contributed by atoms with E-state index in [0.29, 0.717) is 22.3 Å². The second-order valence-corrected chi connectivity index (χ2v) is 6.39. The van der Waals surface area contributed by atoms with Crippen LogP contribution in [0.5, 0.6) is 0 Å². The molecule has 2 atom stereocenters. The molecule has 128 valence electrons. The molecule has 1 saturated heterocycles. The minimum Gasteiger partial charge on any atom is -0.387 e. The number of nitrogens with zero attached hydrogens (tertiary/aromatic N) is 2. The van der Waals surface area contributed by atoms with Gasteiger partial charge in [0.15, 0.2) is 0 Å². The van der Waals surface area contributed by atoms with E-state index in [0.717, 1.165) is 25.9 Å². The summed E-state index contributed by atoms with van der Waals surface area (Å²) in [6, 6.07) is 8.90. The molecule has 1 amide bonds. The number of rotatable bonds is 5. The quantitative estimate of drug-likeness (QED) is 0.771. The van der Waals surface area contributed by atoms with Crippen LogP contribution < -0.4 is 10.6 Å². The molecular weight excluding hydrogens is 328 g/mol. The van der Waals surface area contributed by atoms with Gasteiger partial charge in [-0.3, -0.25) is 9.48 Å². The Morgan fingerprint density at radius 3 is 2.92 bits per heavy atom. The van der Waals surface area contributed by atoms with Crippen molar-refractivity contribution in [2.24, 2.45) is 0 Å². The van der Waals surface area contributed by atoms with Gasteiger partial charge in [0.05, 0.1) is 12.1 Å². The third kappa shape index (κ3) is 4.14. The lowest BCUT2D eigenvalue weighted by atomic mass is 10.1. The van der Waals surface area contributed by atoms with Crippen molar-refractivity contribution >= 4 is 17.5 Å². The second kappa shape index (κ2) is 7.79. The predicted molar refractivity (Wildman–Crippen MR) is 92.1 cm³/mol. The first-order valence-corrected chi connectivity index (χ1v) is 8.49. The lowest BCUT2D eigenvalue weighted by Gasteiger charge is -2.22. The van der Waals surface area contributed by atoms with Crippen LogP contribution in [0, 0.1) is 0 Å². The molecule has 1 aliphatic rings. The Balaban J connectivity index is 1.55. The standard InChI is InChI=1S/C17H21ClN4O2/c18-13-5-3-12(4-6-13)16(23)11-20-17(24)15-7-9-22(21-15)14-2-1-8-19-10-14/h3-7,9,14,16,19,23H,1-2,8,10-11H2,(H,20,24). The van der Waals surface area contributed by atoms with Crippen LogP contribution in [0.1, 0.15) is 41.0 Å². The summed E-state index contributed by atoms with van der Waals surface area (Å²) in [7, 11) is 0. The maximum Gasteiger partial charge on any atom is 0.271 e. The van der Waals surface area contributed by atoms with Gasteiger partial charge in [-0.25, -0.2) is 0 Å². The Labute approximate surface area is 145 Å². The average molecular weight is 349 g/mol. The molecule has 7 heteroatoms. The highest BCUT2D eigenvalue weighted by atomic mass is 35.5. The maximum absolute atomic E-state index is 12.2. The lowest BCUT2D eigenvalue weighted by molar-refractivity contribution is 0.0910. The first kappa shape index (κ1) is 17.0. The largest absolute Gasteiger partial charge is 0.387 e. The monoisotopic (exact) mass is 348 g/mol. The number of amides is 1. The van der Waals surface area contributed by atoms with Gasteiger partial charge in [-0.05, 0) is 43.1 Å². The van der Waals surface area contributed by atoms with Gasteiger partial charge in [-0.15, -0.1) is 0 Å². The lowest BCUT2D eigenvalue weighted by Crippen LogP contribution is -2.32. The molecule has 2 aromatic rings. The van der Waals surface area contributed by atoms with Crippen LogP contribution in [0.15, 0.2) is 36.5 Å². The van der Waals surface area contributed by atoms with Gasteiger partial charge in [0.1, 0.15) is 5.69 Å². The van der Waals surface area contributed by atoms with E-state index in [1.54, 1.807) is 30.3 Å². The molecule has 3 N–H and O–H groups in total. The van der Waals surface area contributed by atoms with Crippen LogP contribution in [0.4, 0.5) is 0 Å². The fourth-order valence-corrected chi connectivity index (χ4v) is 2.93. The van der Waals surface area contributed by atoms with Crippen LogP contribution in [0.3, 0.4) is 0 Å². The molecule has 1 aliphatic heterocycles. The van der Waals surface area contributed by atoms with Gasteiger partial charge < -0.3 is 15.7 Å². The highest BCUT2D eigenvalue weighted by molar-refractivity contribution is 6.30. The van der Waals surface area contributed by atoms with Crippen LogP contribution in [-0.2, 0) is 0 Å². The van der Waals surface area contributed by atoms with Gasteiger partial charge in [0.25, 0.3) is 5.91 Å². The van der Waals surface area contributed by atoms with Crippen LogP contribution >= 0.6 is 11.6 Å². The third-order valence-corrected chi connectivity index (χ3v) is 4.45. The minimum absolute atomic E-state index is 0.123. The van der Waals surface area contributed by atoms with Gasteiger partial charge in [0.2, 0.25) is 0 Å². The number of benzene rings is 1. The molecule has 0 aliphatic carbocycles. The predicted octanol–water partition coefficient (Wildman–Crippen LogP) is 1.92. The van der Waals surface area contributed by atoms with E-state index >= 15 is 0 Å². The Bertz CT molecular complexity index is 680. The highest BCUT2D eigenvalue weighted by Gasteiger charge is 2.18. The fourth-order valence-electron chi connectivity index (χ4n) is 2.80. The topological polar surface area (TPSA) is 79.2 Å². The molecule has 3 rings (SSSR count). The SMILES string of the molecule is O=C(NCC(O)c1ccc(Cl)cc1)c1ccn(C2CCCNC2)n1. The van der Waals surface area contributed by atoms with E-state index in [4.69, 9.17) is 11.6 Å². The number of carbonyl (C=O) groups is 1. The van der Waals surface area contributed by atoms with Crippen molar-refractivity contribution in [3.8, 4) is 0 Å². The Kier molecular flexibility index (Phi) is 5.50. The maximum atomic E-state index is 12.2.